The van der Waals surface area contributed by atoms with Crippen molar-refractivity contribution in [3.63, 3.8) is 0 Å². The molecule has 2 aromatic heterocycles. The number of fused-ring (bicyclic) bond motifs is 1. The number of thiophene rings is 1. The first-order valence-electron chi connectivity index (χ1n) is 7.70. The summed E-state index contributed by atoms with van der Waals surface area (Å²) < 4.78 is 10.3. The zero-order chi connectivity index (χ0) is 18.8. The number of aromatic nitrogens is 2. The van der Waals surface area contributed by atoms with Gasteiger partial charge in [-0.2, -0.15) is 0 Å². The minimum atomic E-state index is -0.663. The van der Waals surface area contributed by atoms with Gasteiger partial charge >= 0.3 is 5.97 Å². The molecular formula is C15H16N4O6S. The van der Waals surface area contributed by atoms with Gasteiger partial charge in [-0.15, -0.1) is 11.3 Å². The third kappa shape index (κ3) is 3.52. The number of methoxy groups -OCH3 is 1. The molecular weight excluding hydrogens is 364 g/mol. The maximum absolute atomic E-state index is 12.2. The molecule has 0 aromatic carbocycles. The molecule has 0 radical (unpaired) electrons. The van der Waals surface area contributed by atoms with E-state index in [2.05, 4.69) is 15.1 Å². The predicted octanol–water partition coefficient (Wildman–Crippen LogP) is -0.573. The van der Waals surface area contributed by atoms with Crippen LogP contribution in [0.3, 0.4) is 0 Å². The van der Waals surface area contributed by atoms with E-state index in [-0.39, 0.29) is 12.5 Å². The summed E-state index contributed by atoms with van der Waals surface area (Å²) in [5.74, 6) is -1.74. The lowest BCUT2D eigenvalue weighted by Crippen LogP contribution is -2.41. The van der Waals surface area contributed by atoms with E-state index in [9.17, 15) is 19.5 Å². The number of hydrogen-bond donors (Lipinski definition) is 1. The van der Waals surface area contributed by atoms with Crippen LogP contribution in [0.4, 0.5) is 5.00 Å². The van der Waals surface area contributed by atoms with E-state index >= 15 is 0 Å². The van der Waals surface area contributed by atoms with Crippen molar-refractivity contribution in [3.05, 3.63) is 22.2 Å². The third-order valence-electron chi connectivity index (χ3n) is 3.94. The molecule has 2 amide bonds. The van der Waals surface area contributed by atoms with Gasteiger partial charge in [0.1, 0.15) is 10.9 Å². The Bertz CT molecular complexity index is 874. The number of hydrogen-bond acceptors (Lipinski definition) is 8. The summed E-state index contributed by atoms with van der Waals surface area (Å²) in [5.41, 5.74) is 1.09. The maximum atomic E-state index is 12.2. The summed E-state index contributed by atoms with van der Waals surface area (Å²) in [6.07, 6.45) is 1.55. The largest absolute Gasteiger partial charge is 0.539 e. The first kappa shape index (κ1) is 17.9. The summed E-state index contributed by atoms with van der Waals surface area (Å²) in [6.45, 7) is 2.13. The second-order valence-electron chi connectivity index (χ2n) is 5.66. The monoisotopic (exact) mass is 380 g/mol. The van der Waals surface area contributed by atoms with Crippen LogP contribution in [0.2, 0.25) is 0 Å². The Labute approximate surface area is 151 Å². The van der Waals surface area contributed by atoms with Gasteiger partial charge < -0.3 is 24.6 Å². The molecule has 0 bridgehead atoms. The van der Waals surface area contributed by atoms with Crippen LogP contribution in [-0.4, -0.2) is 41.6 Å². The molecule has 0 fully saturated rings. The number of carbonyl (C=O) groups is 3. The third-order valence-corrected chi connectivity index (χ3v) is 5.07. The highest BCUT2D eigenvalue weighted by atomic mass is 32.1. The predicted molar refractivity (Wildman–Crippen MR) is 85.2 cm³/mol. The molecule has 26 heavy (non-hydrogen) atoms. The van der Waals surface area contributed by atoms with E-state index < -0.39 is 17.8 Å². The Morgan fingerprint density at radius 2 is 2.27 bits per heavy atom. The highest BCUT2D eigenvalue weighted by Gasteiger charge is 2.30. The summed E-state index contributed by atoms with van der Waals surface area (Å²) in [4.78, 5) is 38.5. The molecule has 0 atom stereocenters. The Hall–Kier alpha value is -2.95. The van der Waals surface area contributed by atoms with Gasteiger partial charge in [-0.1, -0.05) is 4.68 Å². The Balaban J connectivity index is 1.85. The van der Waals surface area contributed by atoms with Crippen molar-refractivity contribution in [1.82, 2.24) is 10.2 Å². The van der Waals surface area contributed by atoms with Gasteiger partial charge in [-0.25, -0.2) is 4.79 Å². The lowest BCUT2D eigenvalue weighted by Gasteiger charge is -2.25. The molecule has 0 aliphatic carbocycles. The Morgan fingerprint density at radius 3 is 2.88 bits per heavy atom. The number of rotatable bonds is 4. The quantitative estimate of drug-likeness (QED) is 0.555. The molecule has 0 saturated carbocycles. The van der Waals surface area contributed by atoms with Crippen LogP contribution < -0.4 is 15.1 Å². The average molecular weight is 380 g/mol. The van der Waals surface area contributed by atoms with Gasteiger partial charge in [-0.05, 0) is 12.0 Å². The highest BCUT2D eigenvalue weighted by molar-refractivity contribution is 7.17. The summed E-state index contributed by atoms with van der Waals surface area (Å²) in [7, 11) is 1.27. The zero-order valence-corrected chi connectivity index (χ0v) is 14.9. The first-order valence-corrected chi connectivity index (χ1v) is 8.52. The van der Waals surface area contributed by atoms with Crippen molar-refractivity contribution in [3.8, 4) is 5.95 Å². The lowest BCUT2D eigenvalue weighted by molar-refractivity contribution is -0.750. The summed E-state index contributed by atoms with van der Waals surface area (Å²) in [5, 5.41) is 17.4. The van der Waals surface area contributed by atoms with E-state index in [1.54, 1.807) is 4.90 Å². The first-order chi connectivity index (χ1) is 12.4. The molecule has 11 heteroatoms. The van der Waals surface area contributed by atoms with E-state index in [4.69, 9.17) is 4.74 Å². The number of nitrogens with one attached hydrogen (secondary N) is 1. The van der Waals surface area contributed by atoms with Crippen LogP contribution in [0, 0.1) is 0 Å². The van der Waals surface area contributed by atoms with Gasteiger partial charge in [0, 0.05) is 18.3 Å². The smallest absolute Gasteiger partial charge is 0.341 e. The second-order valence-corrected chi connectivity index (χ2v) is 6.76. The number of amides is 2. The fraction of sp³-hybridized carbons (Fsp3) is 0.400. The molecule has 3 rings (SSSR count). The fourth-order valence-electron chi connectivity index (χ4n) is 2.73. The second kappa shape index (κ2) is 7.12. The average Bonchev–Trinajstić information content (AvgIpc) is 3.16. The van der Waals surface area contributed by atoms with Crippen molar-refractivity contribution in [1.29, 1.82) is 0 Å². The van der Waals surface area contributed by atoms with Crippen LogP contribution in [0.1, 0.15) is 27.7 Å². The van der Waals surface area contributed by atoms with Gasteiger partial charge in [0.05, 0.1) is 24.5 Å². The van der Waals surface area contributed by atoms with Crippen LogP contribution in [0.5, 0.6) is 5.95 Å². The summed E-state index contributed by atoms with van der Waals surface area (Å²) in [6, 6.07) is 0. The molecule has 0 saturated heterocycles. The Morgan fingerprint density at radius 1 is 1.50 bits per heavy atom. The van der Waals surface area contributed by atoms with Gasteiger partial charge in [-0.3, -0.25) is 9.59 Å². The van der Waals surface area contributed by atoms with Gasteiger partial charge in [0.25, 0.3) is 12.5 Å². The highest BCUT2D eigenvalue weighted by Crippen LogP contribution is 2.37. The van der Waals surface area contributed by atoms with Gasteiger partial charge in [0.15, 0.2) is 0 Å². The van der Waals surface area contributed by atoms with E-state index in [0.29, 0.717) is 30.1 Å². The molecule has 1 aliphatic rings. The van der Waals surface area contributed by atoms with Crippen molar-refractivity contribution >= 4 is 34.1 Å². The topological polar surface area (TPSA) is 129 Å². The lowest BCUT2D eigenvalue weighted by atomic mass is 10.0. The Kier molecular flexibility index (Phi) is 4.89. The van der Waals surface area contributed by atoms with Crippen molar-refractivity contribution in [2.75, 3.05) is 19.0 Å². The van der Waals surface area contributed by atoms with Crippen LogP contribution >= 0.6 is 11.3 Å². The molecule has 1 N–H and O–H groups in total. The molecule has 10 nitrogen and oxygen atoms in total. The van der Waals surface area contributed by atoms with Crippen LogP contribution in [0.15, 0.2) is 10.7 Å². The summed E-state index contributed by atoms with van der Waals surface area (Å²) >= 11 is 1.23. The number of carbonyl (C=O) groups excluding carboxylic acids is 3. The van der Waals surface area contributed by atoms with Crippen molar-refractivity contribution < 1.29 is 33.4 Å². The molecule has 0 unspecified atom stereocenters. The molecule has 2 aromatic rings. The van der Waals surface area contributed by atoms with Crippen LogP contribution in [0.25, 0.3) is 0 Å². The van der Waals surface area contributed by atoms with E-state index in [1.165, 1.54) is 25.4 Å². The number of anilines is 1. The minimum Gasteiger partial charge on any atom is -0.539 e. The van der Waals surface area contributed by atoms with E-state index in [0.717, 1.165) is 21.3 Å². The van der Waals surface area contributed by atoms with Gasteiger partial charge in [0.2, 0.25) is 12.1 Å². The zero-order valence-electron chi connectivity index (χ0n) is 14.1. The number of nitrogens with zero attached hydrogens (tertiary/aromatic N) is 3. The molecule has 3 heterocycles. The van der Waals surface area contributed by atoms with Crippen LogP contribution in [-0.2, 0) is 33.8 Å². The molecule has 1 aliphatic heterocycles. The standard InChI is InChI=1S/C15H16N4O6S/c1-8(20)18-4-3-9-10(5-18)26-14(13(9)15(23)24-2)16-11(21)6-19-7-12(22)25-17-19/h7H,3-6H2,1-2H3,(H-,16,17,21,22,23). The number of ether oxygens (including phenoxy) is 1. The number of esters is 1. The van der Waals surface area contributed by atoms with Crippen molar-refractivity contribution in [2.45, 2.75) is 26.4 Å². The minimum absolute atomic E-state index is 0.0508. The molecule has 0 spiro atoms. The van der Waals surface area contributed by atoms with Crippen molar-refractivity contribution in [2.24, 2.45) is 0 Å². The van der Waals surface area contributed by atoms with E-state index in [1.807, 2.05) is 0 Å². The molecule has 138 valence electrons. The normalized spacial score (nSPS) is 13.2. The maximum Gasteiger partial charge on any atom is 0.341 e. The fourth-order valence-corrected chi connectivity index (χ4v) is 4.00. The SMILES string of the molecule is COC(=O)c1c(NC(=O)C[n+]2cc([O-])on2)sc2c1CCN(C(C)=O)C2.